The maximum absolute atomic E-state index is 11.9. The molecule has 0 unspecified atom stereocenters. The third-order valence-electron chi connectivity index (χ3n) is 3.67. The smallest absolute Gasteiger partial charge is 0.409 e. The zero-order chi connectivity index (χ0) is 17.5. The third kappa shape index (κ3) is 4.87. The van der Waals surface area contributed by atoms with Crippen molar-refractivity contribution in [1.82, 2.24) is 10.2 Å². The fourth-order valence-corrected chi connectivity index (χ4v) is 2.44. The number of likely N-dealkylation sites (tertiary alicyclic amines) is 1. The van der Waals surface area contributed by atoms with Crippen LogP contribution in [0.4, 0.5) is 10.5 Å². The van der Waals surface area contributed by atoms with E-state index in [-0.39, 0.29) is 17.9 Å². The van der Waals surface area contributed by atoms with Crippen LogP contribution in [0.15, 0.2) is 24.3 Å². The van der Waals surface area contributed by atoms with E-state index in [2.05, 4.69) is 10.6 Å². The highest BCUT2D eigenvalue weighted by Crippen LogP contribution is 2.15. The van der Waals surface area contributed by atoms with Crippen molar-refractivity contribution >= 4 is 23.6 Å². The third-order valence-corrected chi connectivity index (χ3v) is 3.67. The highest BCUT2D eigenvalue weighted by molar-refractivity contribution is 6.39. The number of nitrogens with one attached hydrogen (secondary N) is 2. The van der Waals surface area contributed by atoms with E-state index in [1.54, 1.807) is 24.0 Å². The van der Waals surface area contributed by atoms with Crippen LogP contribution in [0, 0.1) is 0 Å². The average molecular weight is 335 g/mol. The number of rotatable bonds is 3. The first-order valence-corrected chi connectivity index (χ1v) is 7.82. The molecule has 1 aliphatic heterocycles. The second-order valence-corrected chi connectivity index (χ2v) is 5.44. The van der Waals surface area contributed by atoms with E-state index in [0.717, 1.165) is 0 Å². The summed E-state index contributed by atoms with van der Waals surface area (Å²) in [7, 11) is 0. The number of aromatic hydroxyl groups is 1. The van der Waals surface area contributed by atoms with E-state index in [1.807, 2.05) is 0 Å². The Morgan fingerprint density at radius 3 is 2.58 bits per heavy atom. The molecule has 1 saturated heterocycles. The summed E-state index contributed by atoms with van der Waals surface area (Å²) in [5.74, 6) is -1.54. The normalized spacial score (nSPS) is 14.8. The summed E-state index contributed by atoms with van der Waals surface area (Å²) in [5.41, 5.74) is 0.340. The predicted molar refractivity (Wildman–Crippen MR) is 86.5 cm³/mol. The van der Waals surface area contributed by atoms with Gasteiger partial charge in [0.2, 0.25) is 0 Å². The molecule has 1 aromatic carbocycles. The van der Waals surface area contributed by atoms with Crippen LogP contribution in [-0.4, -0.2) is 53.7 Å². The van der Waals surface area contributed by atoms with Gasteiger partial charge in [-0.25, -0.2) is 4.79 Å². The molecule has 1 heterocycles. The van der Waals surface area contributed by atoms with Crippen LogP contribution >= 0.6 is 0 Å². The Labute approximate surface area is 139 Å². The molecule has 0 saturated carbocycles. The van der Waals surface area contributed by atoms with Crippen molar-refractivity contribution in [3.8, 4) is 5.75 Å². The molecule has 0 spiro atoms. The van der Waals surface area contributed by atoms with Gasteiger partial charge >= 0.3 is 17.9 Å². The van der Waals surface area contributed by atoms with E-state index in [4.69, 9.17) is 4.74 Å². The van der Waals surface area contributed by atoms with Crippen LogP contribution in [0.25, 0.3) is 0 Å². The second kappa shape index (κ2) is 8.19. The van der Waals surface area contributed by atoms with Gasteiger partial charge < -0.3 is 25.4 Å². The molecular formula is C16H21N3O5. The number of anilines is 1. The van der Waals surface area contributed by atoms with Gasteiger partial charge in [-0.15, -0.1) is 0 Å². The first kappa shape index (κ1) is 17.6. The van der Waals surface area contributed by atoms with Crippen molar-refractivity contribution in [2.45, 2.75) is 25.8 Å². The number of carbonyl (C=O) groups is 3. The fraction of sp³-hybridized carbons (Fsp3) is 0.438. The van der Waals surface area contributed by atoms with Crippen molar-refractivity contribution in [1.29, 1.82) is 0 Å². The molecule has 24 heavy (non-hydrogen) atoms. The van der Waals surface area contributed by atoms with E-state index in [9.17, 15) is 19.5 Å². The molecule has 0 radical (unpaired) electrons. The highest BCUT2D eigenvalue weighted by atomic mass is 16.6. The van der Waals surface area contributed by atoms with Gasteiger partial charge in [0.25, 0.3) is 0 Å². The molecular weight excluding hydrogens is 314 g/mol. The predicted octanol–water partition coefficient (Wildman–Crippen LogP) is 1.07. The van der Waals surface area contributed by atoms with Gasteiger partial charge in [-0.2, -0.15) is 0 Å². The van der Waals surface area contributed by atoms with E-state index >= 15 is 0 Å². The van der Waals surface area contributed by atoms with E-state index in [0.29, 0.717) is 38.2 Å². The number of phenols is 1. The Morgan fingerprint density at radius 2 is 1.96 bits per heavy atom. The van der Waals surface area contributed by atoms with E-state index in [1.165, 1.54) is 12.1 Å². The van der Waals surface area contributed by atoms with Crippen LogP contribution in [0.5, 0.6) is 5.75 Å². The number of benzene rings is 1. The molecule has 0 bridgehead atoms. The number of ether oxygens (including phenoxy) is 1. The topological polar surface area (TPSA) is 108 Å². The molecule has 3 amide bonds. The minimum atomic E-state index is -0.798. The van der Waals surface area contributed by atoms with Crippen LogP contribution in [-0.2, 0) is 14.3 Å². The first-order valence-electron chi connectivity index (χ1n) is 7.82. The molecule has 1 aliphatic rings. The van der Waals surface area contributed by atoms with Crippen LogP contribution in [0.3, 0.4) is 0 Å². The number of hydrogen-bond donors (Lipinski definition) is 3. The SMILES string of the molecule is CCOC(=O)N1CCC(NC(=O)C(=O)Nc2cccc(O)c2)CC1. The minimum Gasteiger partial charge on any atom is -0.508 e. The Hall–Kier alpha value is -2.77. The minimum absolute atomic E-state index is 0.000421. The molecule has 0 atom stereocenters. The van der Waals surface area contributed by atoms with Crippen molar-refractivity contribution in [3.05, 3.63) is 24.3 Å². The highest BCUT2D eigenvalue weighted by Gasteiger charge is 2.26. The Balaban J connectivity index is 1.78. The largest absolute Gasteiger partial charge is 0.508 e. The molecule has 130 valence electrons. The molecule has 1 fully saturated rings. The molecule has 8 heteroatoms. The summed E-state index contributed by atoms with van der Waals surface area (Å²) in [4.78, 5) is 37.0. The summed E-state index contributed by atoms with van der Waals surface area (Å²) in [6.07, 6.45) is 0.761. The Bertz CT molecular complexity index is 611. The van der Waals surface area contributed by atoms with Crippen molar-refractivity contribution in [2.24, 2.45) is 0 Å². The molecule has 8 nitrogen and oxygen atoms in total. The van der Waals surface area contributed by atoms with Gasteiger partial charge in [0, 0.05) is 30.9 Å². The molecule has 0 aromatic heterocycles. The summed E-state index contributed by atoms with van der Waals surface area (Å²) >= 11 is 0. The first-order chi connectivity index (χ1) is 11.5. The lowest BCUT2D eigenvalue weighted by Crippen LogP contribution is -2.49. The molecule has 2 rings (SSSR count). The fourth-order valence-electron chi connectivity index (χ4n) is 2.44. The second-order valence-electron chi connectivity index (χ2n) is 5.44. The number of amides is 3. The van der Waals surface area contributed by atoms with Crippen LogP contribution < -0.4 is 10.6 Å². The van der Waals surface area contributed by atoms with Gasteiger partial charge in [0.1, 0.15) is 5.75 Å². The number of carbonyl (C=O) groups excluding carboxylic acids is 3. The summed E-state index contributed by atoms with van der Waals surface area (Å²) in [6.45, 7) is 3.01. The Kier molecular flexibility index (Phi) is 6.00. The lowest BCUT2D eigenvalue weighted by molar-refractivity contribution is -0.136. The average Bonchev–Trinajstić information content (AvgIpc) is 2.55. The monoisotopic (exact) mass is 335 g/mol. The number of piperidine rings is 1. The maximum Gasteiger partial charge on any atom is 0.409 e. The van der Waals surface area contributed by atoms with Gasteiger partial charge in [0.15, 0.2) is 0 Å². The summed E-state index contributed by atoms with van der Waals surface area (Å²) < 4.78 is 4.93. The van der Waals surface area contributed by atoms with Gasteiger partial charge in [-0.1, -0.05) is 6.07 Å². The Morgan fingerprint density at radius 1 is 1.25 bits per heavy atom. The molecule has 0 aliphatic carbocycles. The quantitative estimate of drug-likeness (QED) is 0.716. The van der Waals surface area contributed by atoms with Crippen molar-refractivity contribution in [3.63, 3.8) is 0 Å². The van der Waals surface area contributed by atoms with Crippen LogP contribution in [0.1, 0.15) is 19.8 Å². The van der Waals surface area contributed by atoms with Crippen molar-refractivity contribution in [2.75, 3.05) is 25.0 Å². The zero-order valence-electron chi connectivity index (χ0n) is 13.4. The number of nitrogens with zero attached hydrogens (tertiary/aromatic N) is 1. The van der Waals surface area contributed by atoms with Gasteiger partial charge in [-0.05, 0) is 31.9 Å². The standard InChI is InChI=1S/C16H21N3O5/c1-2-24-16(23)19-8-6-11(7-9-19)17-14(21)15(22)18-12-4-3-5-13(20)10-12/h3-5,10-11,20H,2,6-9H2,1H3,(H,17,21)(H,18,22). The zero-order valence-corrected chi connectivity index (χ0v) is 13.4. The lowest BCUT2D eigenvalue weighted by atomic mass is 10.1. The summed E-state index contributed by atoms with van der Waals surface area (Å²) in [6, 6.07) is 5.78. The van der Waals surface area contributed by atoms with Crippen LogP contribution in [0.2, 0.25) is 0 Å². The number of phenolic OH excluding ortho intramolecular Hbond substituents is 1. The maximum atomic E-state index is 11.9. The lowest BCUT2D eigenvalue weighted by Gasteiger charge is -2.31. The summed E-state index contributed by atoms with van der Waals surface area (Å²) in [5, 5.41) is 14.4. The van der Waals surface area contributed by atoms with E-state index < -0.39 is 11.8 Å². The number of hydrogen-bond acceptors (Lipinski definition) is 5. The van der Waals surface area contributed by atoms with Gasteiger partial charge in [-0.3, -0.25) is 9.59 Å². The molecule has 1 aromatic rings. The van der Waals surface area contributed by atoms with Crippen molar-refractivity contribution < 1.29 is 24.2 Å². The van der Waals surface area contributed by atoms with Gasteiger partial charge in [0.05, 0.1) is 6.61 Å². The molecule has 3 N–H and O–H groups in total.